The highest BCUT2D eigenvalue weighted by atomic mass is 32.3. The van der Waals surface area contributed by atoms with Crippen molar-refractivity contribution in [1.29, 1.82) is 0 Å². The summed E-state index contributed by atoms with van der Waals surface area (Å²) in [6.07, 6.45) is 2.78. The number of alkyl halides is 3. The van der Waals surface area contributed by atoms with E-state index in [4.69, 9.17) is 0 Å². The van der Waals surface area contributed by atoms with Crippen LogP contribution in [-0.2, 0) is 19.5 Å². The van der Waals surface area contributed by atoms with E-state index in [0.717, 1.165) is 11.1 Å². The molecule has 2 rings (SSSR count). The Kier molecular flexibility index (Phi) is 5.31. The third kappa shape index (κ3) is 4.75. The average Bonchev–Trinajstić information content (AvgIpc) is 2.46. The second kappa shape index (κ2) is 6.78. The van der Waals surface area contributed by atoms with E-state index in [1.54, 1.807) is 12.1 Å². The monoisotopic (exact) mass is 378 g/mol. The molecule has 132 valence electrons. The molecule has 2 aromatic carbocycles. The van der Waals surface area contributed by atoms with Gasteiger partial charge in [-0.3, -0.25) is 0 Å². The van der Waals surface area contributed by atoms with Gasteiger partial charge in [-0.15, -0.1) is 10.3 Å². The molecule has 0 fully saturated rings. The van der Waals surface area contributed by atoms with Gasteiger partial charge in [0.1, 0.15) is 0 Å². The fraction of sp³-hybridized carbons (Fsp3) is 0.250. The quantitative estimate of drug-likeness (QED) is 0.709. The molecule has 0 heterocycles. The molecule has 0 atom stereocenters. The van der Waals surface area contributed by atoms with E-state index >= 15 is 0 Å². The number of hydrogen-bond acceptors (Lipinski definition) is 3. The van der Waals surface area contributed by atoms with Gasteiger partial charge in [0.05, 0.1) is 0 Å². The van der Waals surface area contributed by atoms with E-state index < -0.39 is 25.9 Å². The molecular formula is C16H17F3O3S2. The average molecular weight is 378 g/mol. The van der Waals surface area contributed by atoms with Crippen molar-refractivity contribution in [2.24, 2.45) is 0 Å². The second-order valence-electron chi connectivity index (χ2n) is 5.61. The van der Waals surface area contributed by atoms with Gasteiger partial charge < -0.3 is 0 Å². The Morgan fingerprint density at radius 1 is 0.875 bits per heavy atom. The van der Waals surface area contributed by atoms with Crippen LogP contribution in [0, 0.1) is 0 Å². The van der Waals surface area contributed by atoms with Gasteiger partial charge in [-0.05, 0) is 29.2 Å². The molecule has 0 spiro atoms. The molecule has 0 aromatic heterocycles. The molecule has 0 aliphatic rings. The van der Waals surface area contributed by atoms with E-state index in [1.165, 1.54) is 12.5 Å². The Labute approximate surface area is 141 Å². The summed E-state index contributed by atoms with van der Waals surface area (Å²) in [7, 11) is -8.05. The number of benzene rings is 2. The summed E-state index contributed by atoms with van der Waals surface area (Å²) in [6.45, 7) is 0. The van der Waals surface area contributed by atoms with Gasteiger partial charge in [-0.2, -0.15) is 21.6 Å². The first-order valence-corrected chi connectivity index (χ1v) is 10.8. The Hall–Kier alpha value is -1.51. The lowest BCUT2D eigenvalue weighted by molar-refractivity contribution is -0.0496. The molecule has 0 N–H and O–H groups in total. The van der Waals surface area contributed by atoms with Gasteiger partial charge in [0, 0.05) is 5.75 Å². The molecular weight excluding hydrogens is 361 g/mol. The van der Waals surface area contributed by atoms with E-state index in [-0.39, 0.29) is 5.75 Å². The topological polar surface area (TPSA) is 43.4 Å². The van der Waals surface area contributed by atoms with Crippen LogP contribution in [0.3, 0.4) is 0 Å². The standard InChI is InChI=1S/C16H17F3O3S2/c1-23(2,22-24(20,21)16(17,18)19)12-13-8-10-15(11-9-13)14-6-4-3-5-7-14/h3-11H,12H2,1-2H3. The van der Waals surface area contributed by atoms with Crippen LogP contribution in [0.5, 0.6) is 0 Å². The predicted octanol–water partition coefficient (Wildman–Crippen LogP) is 4.70. The minimum atomic E-state index is -5.59. The molecule has 0 amide bonds. The summed E-state index contributed by atoms with van der Waals surface area (Å²) in [6, 6.07) is 16.8. The minimum absolute atomic E-state index is 0.109. The number of hydrogen-bond donors (Lipinski definition) is 0. The van der Waals surface area contributed by atoms with E-state index in [2.05, 4.69) is 3.63 Å². The van der Waals surface area contributed by atoms with Gasteiger partial charge in [-0.1, -0.05) is 54.6 Å². The van der Waals surface area contributed by atoms with Crippen LogP contribution in [0.1, 0.15) is 5.56 Å². The van der Waals surface area contributed by atoms with Crippen LogP contribution in [0.2, 0.25) is 0 Å². The van der Waals surface area contributed by atoms with Crippen LogP contribution in [0.25, 0.3) is 11.1 Å². The van der Waals surface area contributed by atoms with Crippen LogP contribution in [0.4, 0.5) is 13.2 Å². The Morgan fingerprint density at radius 3 is 1.88 bits per heavy atom. The summed E-state index contributed by atoms with van der Waals surface area (Å²) in [5.74, 6) is 0.109. The van der Waals surface area contributed by atoms with Gasteiger partial charge in [0.15, 0.2) is 0 Å². The molecule has 0 unspecified atom stereocenters. The highest BCUT2D eigenvalue weighted by Crippen LogP contribution is 2.49. The Morgan fingerprint density at radius 2 is 1.38 bits per heavy atom. The molecule has 2 aromatic rings. The highest BCUT2D eigenvalue weighted by molar-refractivity contribution is 8.31. The SMILES string of the molecule is CS(C)(Cc1ccc(-c2ccccc2)cc1)OS(=O)(=O)C(F)(F)F. The second-order valence-corrected chi connectivity index (χ2v) is 10.7. The molecule has 0 radical (unpaired) electrons. The molecule has 0 aliphatic heterocycles. The normalized spacial score (nSPS) is 13.7. The van der Waals surface area contributed by atoms with Crippen molar-refractivity contribution in [1.82, 2.24) is 0 Å². The van der Waals surface area contributed by atoms with Crippen molar-refractivity contribution < 1.29 is 25.2 Å². The van der Waals surface area contributed by atoms with Crippen LogP contribution < -0.4 is 0 Å². The molecule has 8 heteroatoms. The molecule has 0 aliphatic carbocycles. The summed E-state index contributed by atoms with van der Waals surface area (Å²) < 4.78 is 64.1. The molecule has 3 nitrogen and oxygen atoms in total. The Bertz CT molecular complexity index is 784. The van der Waals surface area contributed by atoms with Gasteiger partial charge >= 0.3 is 15.6 Å². The van der Waals surface area contributed by atoms with Crippen molar-refractivity contribution in [3.63, 3.8) is 0 Å². The molecule has 0 bridgehead atoms. The summed E-state index contributed by atoms with van der Waals surface area (Å²) in [5, 5.41) is 0. The fourth-order valence-corrected chi connectivity index (χ4v) is 5.57. The van der Waals surface area contributed by atoms with Crippen LogP contribution in [-0.4, -0.2) is 26.4 Å². The zero-order chi connectivity index (χ0) is 18.0. The van der Waals surface area contributed by atoms with E-state index in [9.17, 15) is 21.6 Å². The van der Waals surface area contributed by atoms with Crippen molar-refractivity contribution in [2.45, 2.75) is 11.3 Å². The molecule has 24 heavy (non-hydrogen) atoms. The lowest BCUT2D eigenvalue weighted by atomic mass is 10.0. The van der Waals surface area contributed by atoms with Gasteiger partial charge in [0.25, 0.3) is 0 Å². The van der Waals surface area contributed by atoms with Gasteiger partial charge in [-0.25, -0.2) is 3.63 Å². The first-order chi connectivity index (χ1) is 11.0. The van der Waals surface area contributed by atoms with Crippen molar-refractivity contribution >= 4 is 20.4 Å². The zero-order valence-corrected chi connectivity index (χ0v) is 14.7. The zero-order valence-electron chi connectivity index (χ0n) is 13.1. The highest BCUT2D eigenvalue weighted by Gasteiger charge is 2.49. The third-order valence-corrected chi connectivity index (χ3v) is 6.92. The van der Waals surface area contributed by atoms with Crippen molar-refractivity contribution in [2.75, 3.05) is 12.5 Å². The largest absolute Gasteiger partial charge is 0.523 e. The molecule has 0 saturated heterocycles. The minimum Gasteiger partial charge on any atom is -0.213 e. The van der Waals surface area contributed by atoms with Crippen molar-refractivity contribution in [3.05, 3.63) is 60.2 Å². The van der Waals surface area contributed by atoms with Gasteiger partial charge in [0.2, 0.25) is 0 Å². The number of rotatable bonds is 5. The third-order valence-electron chi connectivity index (χ3n) is 3.13. The maximum atomic E-state index is 12.4. The summed E-state index contributed by atoms with van der Waals surface area (Å²) in [4.78, 5) is 0. The summed E-state index contributed by atoms with van der Waals surface area (Å²) >= 11 is 0. The van der Waals surface area contributed by atoms with E-state index in [1.807, 2.05) is 42.5 Å². The van der Waals surface area contributed by atoms with Crippen LogP contribution in [0.15, 0.2) is 54.6 Å². The van der Waals surface area contributed by atoms with Crippen molar-refractivity contribution in [3.8, 4) is 11.1 Å². The fourth-order valence-electron chi connectivity index (χ4n) is 2.13. The summed E-state index contributed by atoms with van der Waals surface area (Å²) in [5.41, 5.74) is -2.70. The lowest BCUT2D eigenvalue weighted by Gasteiger charge is -2.30. The maximum Gasteiger partial charge on any atom is 0.523 e. The molecule has 0 saturated carbocycles. The van der Waals surface area contributed by atoms with E-state index in [0.29, 0.717) is 5.56 Å². The first-order valence-electron chi connectivity index (χ1n) is 6.88. The smallest absolute Gasteiger partial charge is 0.213 e. The maximum absolute atomic E-state index is 12.4. The Balaban J connectivity index is 2.13. The number of halogens is 3. The van der Waals surface area contributed by atoms with Crippen LogP contribution >= 0.6 is 10.3 Å². The first kappa shape index (κ1) is 18.8. The predicted molar refractivity (Wildman–Crippen MR) is 91.1 cm³/mol. The lowest BCUT2D eigenvalue weighted by Crippen LogP contribution is -2.27.